The van der Waals surface area contributed by atoms with Crippen molar-refractivity contribution in [3.8, 4) is 0 Å². The van der Waals surface area contributed by atoms with Gasteiger partial charge in [-0.05, 0) is 58.1 Å². The number of anilines is 1. The van der Waals surface area contributed by atoms with Crippen LogP contribution in [0.2, 0.25) is 0 Å². The minimum absolute atomic E-state index is 0.00138. The molecule has 2 aromatic carbocycles. The molecule has 0 bridgehead atoms. The van der Waals surface area contributed by atoms with Crippen molar-refractivity contribution in [2.45, 2.75) is 32.9 Å². The van der Waals surface area contributed by atoms with E-state index in [1.807, 2.05) is 44.2 Å². The Morgan fingerprint density at radius 1 is 1.08 bits per heavy atom. The van der Waals surface area contributed by atoms with E-state index in [1.165, 1.54) is 11.1 Å². The Balaban J connectivity index is 1.63. The minimum Gasteiger partial charge on any atom is -0.325 e. The Labute approximate surface area is 151 Å². The van der Waals surface area contributed by atoms with Crippen LogP contribution in [0.3, 0.4) is 0 Å². The van der Waals surface area contributed by atoms with Gasteiger partial charge in [-0.15, -0.1) is 0 Å². The van der Waals surface area contributed by atoms with E-state index in [0.717, 1.165) is 31.7 Å². The summed E-state index contributed by atoms with van der Waals surface area (Å²) < 4.78 is 0. The first-order valence-corrected chi connectivity index (χ1v) is 8.88. The standard InChI is InChI=1S/C21H29N3O/c1-17-10-12-20(13-11-17)23-21(25)18(2)22-14-7-15-24(3)16-19-8-5-4-6-9-19/h4-6,8-13,18,22H,7,14-16H2,1-3H3,(H,23,25). The average molecular weight is 339 g/mol. The number of aryl methyl sites for hydroxylation is 1. The zero-order valence-electron chi connectivity index (χ0n) is 15.5. The van der Waals surface area contributed by atoms with Crippen molar-refractivity contribution >= 4 is 11.6 Å². The first kappa shape index (κ1) is 19.2. The number of hydrogen-bond donors (Lipinski definition) is 2. The second-order valence-corrected chi connectivity index (χ2v) is 6.61. The summed E-state index contributed by atoms with van der Waals surface area (Å²) >= 11 is 0. The van der Waals surface area contributed by atoms with Crippen LogP contribution in [-0.2, 0) is 11.3 Å². The van der Waals surface area contributed by atoms with Crippen molar-refractivity contribution in [3.63, 3.8) is 0 Å². The summed E-state index contributed by atoms with van der Waals surface area (Å²) in [5.74, 6) is 0.00138. The van der Waals surface area contributed by atoms with Crippen molar-refractivity contribution in [3.05, 3.63) is 65.7 Å². The third-order valence-electron chi connectivity index (χ3n) is 4.17. The average Bonchev–Trinajstić information content (AvgIpc) is 2.61. The Kier molecular flexibility index (Phi) is 7.64. The van der Waals surface area contributed by atoms with Gasteiger partial charge in [0.15, 0.2) is 0 Å². The lowest BCUT2D eigenvalue weighted by Crippen LogP contribution is -2.39. The predicted octanol–water partition coefficient (Wildman–Crippen LogP) is 3.43. The third kappa shape index (κ3) is 7.08. The molecule has 1 amide bonds. The van der Waals surface area contributed by atoms with E-state index in [-0.39, 0.29) is 11.9 Å². The van der Waals surface area contributed by atoms with Gasteiger partial charge in [-0.25, -0.2) is 0 Å². The molecule has 2 rings (SSSR count). The van der Waals surface area contributed by atoms with Crippen LogP contribution in [0.15, 0.2) is 54.6 Å². The Morgan fingerprint density at radius 3 is 2.44 bits per heavy atom. The van der Waals surface area contributed by atoms with E-state index in [2.05, 4.69) is 46.8 Å². The molecule has 1 atom stereocenters. The van der Waals surface area contributed by atoms with Crippen LogP contribution >= 0.6 is 0 Å². The summed E-state index contributed by atoms with van der Waals surface area (Å²) in [6.45, 7) is 6.70. The second kappa shape index (κ2) is 9.97. The molecule has 2 N–H and O–H groups in total. The molecule has 1 unspecified atom stereocenters. The molecule has 0 aliphatic carbocycles. The maximum Gasteiger partial charge on any atom is 0.241 e. The molecular weight excluding hydrogens is 310 g/mol. The van der Waals surface area contributed by atoms with Gasteiger partial charge < -0.3 is 15.5 Å². The topological polar surface area (TPSA) is 44.4 Å². The molecule has 0 saturated heterocycles. The van der Waals surface area contributed by atoms with E-state index < -0.39 is 0 Å². The number of carbonyl (C=O) groups is 1. The van der Waals surface area contributed by atoms with Crippen LogP contribution in [0.1, 0.15) is 24.5 Å². The van der Waals surface area contributed by atoms with E-state index >= 15 is 0 Å². The van der Waals surface area contributed by atoms with Crippen molar-refractivity contribution in [2.75, 3.05) is 25.5 Å². The molecule has 134 valence electrons. The van der Waals surface area contributed by atoms with Crippen LogP contribution < -0.4 is 10.6 Å². The van der Waals surface area contributed by atoms with Gasteiger partial charge >= 0.3 is 0 Å². The molecule has 0 aliphatic heterocycles. The number of rotatable bonds is 9. The van der Waals surface area contributed by atoms with E-state index in [4.69, 9.17) is 0 Å². The SMILES string of the molecule is Cc1ccc(NC(=O)C(C)NCCCN(C)Cc2ccccc2)cc1. The Bertz CT molecular complexity index is 640. The van der Waals surface area contributed by atoms with Gasteiger partial charge in [0.2, 0.25) is 5.91 Å². The summed E-state index contributed by atoms with van der Waals surface area (Å²) in [7, 11) is 2.13. The van der Waals surface area contributed by atoms with Gasteiger partial charge in [0.1, 0.15) is 0 Å². The van der Waals surface area contributed by atoms with Crippen LogP contribution in [0.25, 0.3) is 0 Å². The fraction of sp³-hybridized carbons (Fsp3) is 0.381. The first-order chi connectivity index (χ1) is 12.0. The zero-order chi connectivity index (χ0) is 18.1. The molecule has 4 heteroatoms. The van der Waals surface area contributed by atoms with Crippen molar-refractivity contribution in [1.82, 2.24) is 10.2 Å². The summed E-state index contributed by atoms with van der Waals surface area (Å²) in [5, 5.41) is 6.23. The highest BCUT2D eigenvalue weighted by molar-refractivity contribution is 5.94. The normalized spacial score (nSPS) is 12.2. The third-order valence-corrected chi connectivity index (χ3v) is 4.17. The molecule has 0 radical (unpaired) electrons. The molecule has 25 heavy (non-hydrogen) atoms. The highest BCUT2D eigenvalue weighted by Gasteiger charge is 2.12. The number of nitrogens with zero attached hydrogens (tertiary/aromatic N) is 1. The van der Waals surface area contributed by atoms with Gasteiger partial charge in [0.25, 0.3) is 0 Å². The number of carbonyl (C=O) groups excluding carboxylic acids is 1. The van der Waals surface area contributed by atoms with Crippen LogP contribution in [0.4, 0.5) is 5.69 Å². The van der Waals surface area contributed by atoms with E-state index in [9.17, 15) is 4.79 Å². The molecule has 0 heterocycles. The van der Waals surface area contributed by atoms with Gasteiger partial charge in [-0.3, -0.25) is 4.79 Å². The largest absolute Gasteiger partial charge is 0.325 e. The predicted molar refractivity (Wildman–Crippen MR) is 105 cm³/mol. The van der Waals surface area contributed by atoms with Crippen molar-refractivity contribution in [2.24, 2.45) is 0 Å². The van der Waals surface area contributed by atoms with Crippen molar-refractivity contribution < 1.29 is 4.79 Å². The maximum absolute atomic E-state index is 12.2. The summed E-state index contributed by atoms with van der Waals surface area (Å²) in [4.78, 5) is 14.5. The van der Waals surface area contributed by atoms with Gasteiger partial charge in [0.05, 0.1) is 6.04 Å². The monoisotopic (exact) mass is 339 g/mol. The van der Waals surface area contributed by atoms with Crippen LogP contribution in [0.5, 0.6) is 0 Å². The molecule has 0 spiro atoms. The lowest BCUT2D eigenvalue weighted by molar-refractivity contribution is -0.117. The summed E-state index contributed by atoms with van der Waals surface area (Å²) in [6.07, 6.45) is 1.01. The number of benzene rings is 2. The summed E-state index contributed by atoms with van der Waals surface area (Å²) in [6, 6.07) is 18.1. The lowest BCUT2D eigenvalue weighted by Gasteiger charge is -2.18. The van der Waals surface area contributed by atoms with Gasteiger partial charge in [-0.1, -0.05) is 48.0 Å². The quantitative estimate of drug-likeness (QED) is 0.688. The second-order valence-electron chi connectivity index (χ2n) is 6.61. The number of hydrogen-bond acceptors (Lipinski definition) is 3. The van der Waals surface area contributed by atoms with Crippen LogP contribution in [0, 0.1) is 6.92 Å². The van der Waals surface area contributed by atoms with Crippen LogP contribution in [-0.4, -0.2) is 37.0 Å². The fourth-order valence-electron chi connectivity index (χ4n) is 2.62. The highest BCUT2D eigenvalue weighted by atomic mass is 16.2. The Hall–Kier alpha value is -2.17. The molecule has 2 aromatic rings. The lowest BCUT2D eigenvalue weighted by atomic mass is 10.2. The molecule has 0 saturated carbocycles. The molecule has 0 aromatic heterocycles. The molecular formula is C21H29N3O. The van der Waals surface area contributed by atoms with Gasteiger partial charge in [-0.2, -0.15) is 0 Å². The van der Waals surface area contributed by atoms with E-state index in [1.54, 1.807) is 0 Å². The summed E-state index contributed by atoms with van der Waals surface area (Å²) in [5.41, 5.74) is 3.35. The molecule has 0 aliphatic rings. The minimum atomic E-state index is -0.208. The number of amides is 1. The van der Waals surface area contributed by atoms with Gasteiger partial charge in [0, 0.05) is 12.2 Å². The smallest absolute Gasteiger partial charge is 0.241 e. The maximum atomic E-state index is 12.2. The Morgan fingerprint density at radius 2 is 1.76 bits per heavy atom. The zero-order valence-corrected chi connectivity index (χ0v) is 15.5. The first-order valence-electron chi connectivity index (χ1n) is 8.88. The highest BCUT2D eigenvalue weighted by Crippen LogP contribution is 2.09. The van der Waals surface area contributed by atoms with Crippen molar-refractivity contribution in [1.29, 1.82) is 0 Å². The number of nitrogens with one attached hydrogen (secondary N) is 2. The molecule has 4 nitrogen and oxygen atoms in total. The van der Waals surface area contributed by atoms with E-state index in [0.29, 0.717) is 0 Å². The molecule has 0 fully saturated rings. The fourth-order valence-corrected chi connectivity index (χ4v) is 2.62.